The van der Waals surface area contributed by atoms with Crippen molar-refractivity contribution >= 4 is 5.91 Å². The quantitative estimate of drug-likeness (QED) is 0.286. The average molecular weight is 249 g/mol. The van der Waals surface area contributed by atoms with Crippen LogP contribution in [0.15, 0.2) is 48.8 Å². The van der Waals surface area contributed by atoms with Gasteiger partial charge in [0.1, 0.15) is 12.4 Å². The van der Waals surface area contributed by atoms with E-state index in [2.05, 4.69) is 13.2 Å². The van der Waals surface area contributed by atoms with E-state index in [9.17, 15) is 4.79 Å². The van der Waals surface area contributed by atoms with E-state index < -0.39 is 0 Å². The average Bonchev–Trinajstić information content (AvgIpc) is 2.37. The minimum Gasteiger partial charge on any atom is -0.489 e. The first-order chi connectivity index (χ1) is 8.58. The van der Waals surface area contributed by atoms with Gasteiger partial charge in [-0.1, -0.05) is 25.3 Å². The third kappa shape index (κ3) is 6.09. The van der Waals surface area contributed by atoms with Crippen LogP contribution < -0.4 is 0 Å². The van der Waals surface area contributed by atoms with Gasteiger partial charge in [-0.3, -0.25) is 4.79 Å². The molecule has 0 aliphatic carbocycles. The standard InChI is InChI=1S/C15H23NO2/c1-6-10-18-14(11-13(5)7-2)12-15(17)16(8-3)9-4/h6-7,11-12H,1-2,8-10H2,3-5H3. The van der Waals surface area contributed by atoms with Crippen LogP contribution in [0.5, 0.6) is 0 Å². The Hall–Kier alpha value is -1.77. The van der Waals surface area contributed by atoms with E-state index in [4.69, 9.17) is 4.74 Å². The Morgan fingerprint density at radius 2 is 1.83 bits per heavy atom. The molecule has 0 unspecified atom stereocenters. The van der Waals surface area contributed by atoms with Crippen LogP contribution in [0, 0.1) is 0 Å². The molecule has 0 aliphatic heterocycles. The number of hydrogen-bond donors (Lipinski definition) is 0. The third-order valence-electron chi connectivity index (χ3n) is 2.40. The highest BCUT2D eigenvalue weighted by Crippen LogP contribution is 2.07. The smallest absolute Gasteiger partial charge is 0.250 e. The van der Waals surface area contributed by atoms with Crippen LogP contribution in [0.2, 0.25) is 0 Å². The van der Waals surface area contributed by atoms with E-state index >= 15 is 0 Å². The third-order valence-corrected chi connectivity index (χ3v) is 2.40. The Balaban J connectivity index is 4.98. The monoisotopic (exact) mass is 249 g/mol. The Bertz CT molecular complexity index is 350. The van der Waals surface area contributed by atoms with Gasteiger partial charge in [0.15, 0.2) is 0 Å². The molecule has 1 amide bonds. The van der Waals surface area contributed by atoms with Crippen molar-refractivity contribution in [2.24, 2.45) is 0 Å². The second-order valence-corrected chi connectivity index (χ2v) is 3.75. The summed E-state index contributed by atoms with van der Waals surface area (Å²) in [6, 6.07) is 0. The molecule has 0 aromatic rings. The minimum absolute atomic E-state index is 0.0489. The molecule has 0 saturated carbocycles. The van der Waals surface area contributed by atoms with Gasteiger partial charge in [0, 0.05) is 19.2 Å². The molecule has 0 rings (SSSR count). The zero-order valence-corrected chi connectivity index (χ0v) is 11.6. The minimum atomic E-state index is -0.0489. The molecule has 0 heterocycles. The first-order valence-electron chi connectivity index (χ1n) is 6.14. The van der Waals surface area contributed by atoms with Crippen LogP contribution in [-0.2, 0) is 9.53 Å². The normalized spacial score (nSPS) is 11.9. The number of ether oxygens (including phenoxy) is 1. The van der Waals surface area contributed by atoms with Gasteiger partial charge in [-0.15, -0.1) is 0 Å². The number of carbonyl (C=O) groups is 1. The molecule has 0 fully saturated rings. The van der Waals surface area contributed by atoms with Crippen molar-refractivity contribution in [1.82, 2.24) is 4.90 Å². The van der Waals surface area contributed by atoms with Crippen LogP contribution in [0.25, 0.3) is 0 Å². The van der Waals surface area contributed by atoms with Crippen molar-refractivity contribution in [3.63, 3.8) is 0 Å². The molecule has 3 heteroatoms. The van der Waals surface area contributed by atoms with E-state index in [0.29, 0.717) is 25.5 Å². The second kappa shape index (κ2) is 9.28. The summed E-state index contributed by atoms with van der Waals surface area (Å²) in [5.41, 5.74) is 0.942. The van der Waals surface area contributed by atoms with Crippen LogP contribution >= 0.6 is 0 Å². The molecular formula is C15H23NO2. The zero-order valence-electron chi connectivity index (χ0n) is 11.6. The van der Waals surface area contributed by atoms with E-state index in [1.54, 1.807) is 23.1 Å². The van der Waals surface area contributed by atoms with Gasteiger partial charge in [0.2, 0.25) is 5.91 Å². The van der Waals surface area contributed by atoms with E-state index in [1.165, 1.54) is 6.08 Å². The molecule has 100 valence electrons. The van der Waals surface area contributed by atoms with Crippen molar-refractivity contribution in [3.8, 4) is 0 Å². The van der Waals surface area contributed by atoms with Gasteiger partial charge in [-0.05, 0) is 32.4 Å². The number of carbonyl (C=O) groups excluding carboxylic acids is 1. The number of rotatable bonds is 8. The molecule has 0 aromatic carbocycles. The summed E-state index contributed by atoms with van der Waals surface area (Å²) in [4.78, 5) is 13.7. The number of allylic oxidation sites excluding steroid dienone is 3. The first-order valence-corrected chi connectivity index (χ1v) is 6.14. The Morgan fingerprint density at radius 3 is 2.28 bits per heavy atom. The van der Waals surface area contributed by atoms with Gasteiger partial charge in [0.05, 0.1) is 0 Å². The molecule has 0 aromatic heterocycles. The number of nitrogens with zero attached hydrogens (tertiary/aromatic N) is 1. The molecule has 0 N–H and O–H groups in total. The van der Waals surface area contributed by atoms with Gasteiger partial charge in [0.25, 0.3) is 0 Å². The number of likely N-dealkylation sites (N-methyl/N-ethyl adjacent to an activating group) is 1. The summed E-state index contributed by atoms with van der Waals surface area (Å²) >= 11 is 0. The van der Waals surface area contributed by atoms with Gasteiger partial charge in [-0.2, -0.15) is 0 Å². The van der Waals surface area contributed by atoms with Crippen molar-refractivity contribution in [3.05, 3.63) is 48.8 Å². The van der Waals surface area contributed by atoms with Crippen LogP contribution in [0.3, 0.4) is 0 Å². The SMILES string of the molecule is C=CCOC(C=C(C)C=C)=CC(=O)N(CC)CC. The van der Waals surface area contributed by atoms with Crippen molar-refractivity contribution in [2.45, 2.75) is 20.8 Å². The molecule has 0 bridgehead atoms. The lowest BCUT2D eigenvalue weighted by molar-refractivity contribution is -0.125. The lowest BCUT2D eigenvalue weighted by atomic mass is 10.2. The maximum atomic E-state index is 11.9. The summed E-state index contributed by atoms with van der Waals surface area (Å²) in [5, 5.41) is 0. The highest BCUT2D eigenvalue weighted by Gasteiger charge is 2.07. The predicted octanol–water partition coefficient (Wildman–Crippen LogP) is 3.07. The summed E-state index contributed by atoms with van der Waals surface area (Å²) in [6.07, 6.45) is 6.65. The summed E-state index contributed by atoms with van der Waals surface area (Å²) < 4.78 is 5.44. The maximum absolute atomic E-state index is 11.9. The molecule has 0 atom stereocenters. The van der Waals surface area contributed by atoms with E-state index in [-0.39, 0.29) is 5.91 Å². The summed E-state index contributed by atoms with van der Waals surface area (Å²) in [5.74, 6) is 0.483. The fourth-order valence-electron chi connectivity index (χ4n) is 1.31. The molecule has 0 saturated heterocycles. The topological polar surface area (TPSA) is 29.5 Å². The van der Waals surface area contributed by atoms with Crippen LogP contribution in [0.1, 0.15) is 20.8 Å². The van der Waals surface area contributed by atoms with Crippen LogP contribution in [-0.4, -0.2) is 30.5 Å². The fourth-order valence-corrected chi connectivity index (χ4v) is 1.31. The van der Waals surface area contributed by atoms with E-state index in [1.807, 2.05) is 20.8 Å². The Labute approximate surface area is 110 Å². The molecule has 0 spiro atoms. The number of amides is 1. The Kier molecular flexibility index (Phi) is 8.37. The number of hydrogen-bond acceptors (Lipinski definition) is 2. The Morgan fingerprint density at radius 1 is 1.22 bits per heavy atom. The van der Waals surface area contributed by atoms with Gasteiger partial charge in [-0.25, -0.2) is 0 Å². The summed E-state index contributed by atoms with van der Waals surface area (Å²) in [7, 11) is 0. The highest BCUT2D eigenvalue weighted by molar-refractivity contribution is 5.88. The zero-order chi connectivity index (χ0) is 14.0. The lowest BCUT2D eigenvalue weighted by Gasteiger charge is -2.16. The molecular weight excluding hydrogens is 226 g/mol. The summed E-state index contributed by atoms with van der Waals surface area (Å²) in [6.45, 7) is 14.8. The fraction of sp³-hybridized carbons (Fsp3) is 0.400. The van der Waals surface area contributed by atoms with Crippen molar-refractivity contribution in [2.75, 3.05) is 19.7 Å². The molecule has 18 heavy (non-hydrogen) atoms. The van der Waals surface area contributed by atoms with Crippen molar-refractivity contribution < 1.29 is 9.53 Å². The first kappa shape index (κ1) is 16.2. The van der Waals surface area contributed by atoms with E-state index in [0.717, 1.165) is 5.57 Å². The van der Waals surface area contributed by atoms with Gasteiger partial charge >= 0.3 is 0 Å². The molecule has 0 radical (unpaired) electrons. The maximum Gasteiger partial charge on any atom is 0.250 e. The van der Waals surface area contributed by atoms with Gasteiger partial charge < -0.3 is 9.64 Å². The molecule has 0 aliphatic rings. The van der Waals surface area contributed by atoms with Crippen molar-refractivity contribution in [1.29, 1.82) is 0 Å². The highest BCUT2D eigenvalue weighted by atomic mass is 16.5. The second-order valence-electron chi connectivity index (χ2n) is 3.75. The van der Waals surface area contributed by atoms with Crippen LogP contribution in [0.4, 0.5) is 0 Å². The predicted molar refractivity (Wildman–Crippen MR) is 76.1 cm³/mol. The lowest BCUT2D eigenvalue weighted by Crippen LogP contribution is -2.29. The largest absolute Gasteiger partial charge is 0.489 e. The molecule has 3 nitrogen and oxygen atoms in total.